The molecule has 3 heteroatoms. The highest BCUT2D eigenvalue weighted by Crippen LogP contribution is 2.13. The molecular formula is C13H19F2N. The summed E-state index contributed by atoms with van der Waals surface area (Å²) in [6.07, 6.45) is 4.89. The van der Waals surface area contributed by atoms with Gasteiger partial charge in [0.1, 0.15) is 11.6 Å². The molecule has 0 bridgehead atoms. The van der Waals surface area contributed by atoms with Gasteiger partial charge in [-0.3, -0.25) is 0 Å². The first-order valence-electron chi connectivity index (χ1n) is 5.82. The average Bonchev–Trinajstić information content (AvgIpc) is 2.28. The van der Waals surface area contributed by atoms with E-state index < -0.39 is 0 Å². The first-order valence-corrected chi connectivity index (χ1v) is 5.82. The Hall–Kier alpha value is -0.960. The Morgan fingerprint density at radius 1 is 1.06 bits per heavy atom. The van der Waals surface area contributed by atoms with E-state index in [0.29, 0.717) is 12.0 Å². The third kappa shape index (κ3) is 4.71. The van der Waals surface area contributed by atoms with Crippen molar-refractivity contribution in [1.29, 1.82) is 0 Å². The molecule has 0 saturated carbocycles. The molecule has 0 fully saturated rings. The SMILES string of the molecule is CNCCCCCCc1cc(F)ccc1F. The summed E-state index contributed by atoms with van der Waals surface area (Å²) >= 11 is 0. The minimum absolute atomic E-state index is 0.295. The van der Waals surface area contributed by atoms with Crippen LogP contribution in [0, 0.1) is 11.6 Å². The van der Waals surface area contributed by atoms with Gasteiger partial charge in [0, 0.05) is 0 Å². The van der Waals surface area contributed by atoms with E-state index in [0.717, 1.165) is 38.3 Å². The van der Waals surface area contributed by atoms with Crippen LogP contribution in [0.2, 0.25) is 0 Å². The lowest BCUT2D eigenvalue weighted by atomic mass is 10.1. The minimum Gasteiger partial charge on any atom is -0.320 e. The Balaban J connectivity index is 2.23. The molecule has 0 aliphatic rings. The van der Waals surface area contributed by atoms with E-state index in [4.69, 9.17) is 0 Å². The number of unbranched alkanes of at least 4 members (excludes halogenated alkanes) is 3. The zero-order valence-corrected chi connectivity index (χ0v) is 9.73. The van der Waals surface area contributed by atoms with Crippen LogP contribution in [0.15, 0.2) is 18.2 Å². The Bertz CT molecular complexity index is 313. The number of aryl methyl sites for hydroxylation is 1. The third-order valence-corrected chi connectivity index (χ3v) is 2.63. The van der Waals surface area contributed by atoms with Gasteiger partial charge in [0.15, 0.2) is 0 Å². The molecule has 1 N–H and O–H groups in total. The van der Waals surface area contributed by atoms with Crippen molar-refractivity contribution in [3.05, 3.63) is 35.4 Å². The topological polar surface area (TPSA) is 12.0 Å². The lowest BCUT2D eigenvalue weighted by Gasteiger charge is -2.03. The molecule has 16 heavy (non-hydrogen) atoms. The van der Waals surface area contributed by atoms with Crippen LogP contribution in [0.3, 0.4) is 0 Å². The number of hydrogen-bond acceptors (Lipinski definition) is 1. The van der Waals surface area contributed by atoms with Crippen LogP contribution < -0.4 is 5.32 Å². The maximum absolute atomic E-state index is 13.2. The van der Waals surface area contributed by atoms with Gasteiger partial charge in [0.05, 0.1) is 0 Å². The van der Waals surface area contributed by atoms with Crippen LogP contribution in [-0.2, 0) is 6.42 Å². The highest BCUT2D eigenvalue weighted by Gasteiger charge is 2.03. The largest absolute Gasteiger partial charge is 0.320 e. The molecule has 90 valence electrons. The van der Waals surface area contributed by atoms with Crippen molar-refractivity contribution in [2.24, 2.45) is 0 Å². The molecule has 1 aromatic rings. The maximum Gasteiger partial charge on any atom is 0.126 e. The van der Waals surface area contributed by atoms with Gasteiger partial charge in [-0.1, -0.05) is 12.8 Å². The number of rotatable bonds is 7. The summed E-state index contributed by atoms with van der Waals surface area (Å²) in [6, 6.07) is 3.65. The summed E-state index contributed by atoms with van der Waals surface area (Å²) in [4.78, 5) is 0. The van der Waals surface area contributed by atoms with Gasteiger partial charge < -0.3 is 5.32 Å². The fraction of sp³-hybridized carbons (Fsp3) is 0.538. The number of halogens is 2. The van der Waals surface area contributed by atoms with E-state index in [-0.39, 0.29) is 11.6 Å². The van der Waals surface area contributed by atoms with Crippen LogP contribution in [-0.4, -0.2) is 13.6 Å². The van der Waals surface area contributed by atoms with E-state index in [1.165, 1.54) is 12.1 Å². The van der Waals surface area contributed by atoms with Gasteiger partial charge in [-0.25, -0.2) is 8.78 Å². The highest BCUT2D eigenvalue weighted by molar-refractivity contribution is 5.18. The molecule has 0 unspecified atom stereocenters. The van der Waals surface area contributed by atoms with Gasteiger partial charge in [-0.15, -0.1) is 0 Å². The van der Waals surface area contributed by atoms with E-state index in [1.807, 2.05) is 7.05 Å². The van der Waals surface area contributed by atoms with Crippen molar-refractivity contribution in [3.63, 3.8) is 0 Å². The summed E-state index contributed by atoms with van der Waals surface area (Å²) in [5.41, 5.74) is 0.494. The molecule has 0 aromatic heterocycles. The second-order valence-electron chi connectivity index (χ2n) is 4.00. The van der Waals surface area contributed by atoms with Gasteiger partial charge in [0.2, 0.25) is 0 Å². The number of benzene rings is 1. The van der Waals surface area contributed by atoms with Crippen LogP contribution in [0.5, 0.6) is 0 Å². The molecule has 0 saturated heterocycles. The van der Waals surface area contributed by atoms with Crippen molar-refractivity contribution in [2.45, 2.75) is 32.1 Å². The summed E-state index contributed by atoms with van der Waals surface area (Å²) in [7, 11) is 1.93. The summed E-state index contributed by atoms with van der Waals surface area (Å²) in [5, 5.41) is 3.08. The molecule has 0 heterocycles. The van der Waals surface area contributed by atoms with Crippen molar-refractivity contribution >= 4 is 0 Å². The van der Waals surface area contributed by atoms with Gasteiger partial charge in [-0.2, -0.15) is 0 Å². The average molecular weight is 227 g/mol. The molecule has 0 radical (unpaired) electrons. The molecule has 1 aromatic carbocycles. The van der Waals surface area contributed by atoms with E-state index >= 15 is 0 Å². The van der Waals surface area contributed by atoms with E-state index in [9.17, 15) is 8.78 Å². The zero-order valence-electron chi connectivity index (χ0n) is 9.73. The molecule has 0 spiro atoms. The minimum atomic E-state index is -0.355. The van der Waals surface area contributed by atoms with Gasteiger partial charge in [0.25, 0.3) is 0 Å². The van der Waals surface area contributed by atoms with Crippen molar-refractivity contribution < 1.29 is 8.78 Å². The van der Waals surface area contributed by atoms with Gasteiger partial charge >= 0.3 is 0 Å². The Morgan fingerprint density at radius 3 is 2.56 bits per heavy atom. The molecule has 0 atom stereocenters. The first-order chi connectivity index (χ1) is 7.74. The highest BCUT2D eigenvalue weighted by atomic mass is 19.1. The van der Waals surface area contributed by atoms with Crippen molar-refractivity contribution in [1.82, 2.24) is 5.32 Å². The van der Waals surface area contributed by atoms with Crippen LogP contribution in [0.1, 0.15) is 31.2 Å². The molecule has 0 aliphatic heterocycles. The second-order valence-corrected chi connectivity index (χ2v) is 4.00. The Morgan fingerprint density at radius 2 is 1.81 bits per heavy atom. The predicted molar refractivity (Wildman–Crippen MR) is 62.5 cm³/mol. The monoisotopic (exact) mass is 227 g/mol. The maximum atomic E-state index is 13.2. The molecule has 0 amide bonds. The predicted octanol–water partition coefficient (Wildman–Crippen LogP) is 3.29. The summed E-state index contributed by atoms with van der Waals surface area (Å²) in [6.45, 7) is 1.02. The lowest BCUT2D eigenvalue weighted by Crippen LogP contribution is -2.06. The van der Waals surface area contributed by atoms with Crippen molar-refractivity contribution in [2.75, 3.05) is 13.6 Å². The van der Waals surface area contributed by atoms with E-state index in [2.05, 4.69) is 5.32 Å². The first kappa shape index (κ1) is 13.1. The third-order valence-electron chi connectivity index (χ3n) is 2.63. The molecule has 0 aliphatic carbocycles. The second kappa shape index (κ2) is 7.34. The van der Waals surface area contributed by atoms with Crippen molar-refractivity contribution in [3.8, 4) is 0 Å². The van der Waals surface area contributed by atoms with E-state index in [1.54, 1.807) is 0 Å². The molecular weight excluding hydrogens is 208 g/mol. The zero-order chi connectivity index (χ0) is 11.8. The summed E-state index contributed by atoms with van der Waals surface area (Å²) < 4.78 is 26.1. The molecule has 1 nitrogen and oxygen atoms in total. The quantitative estimate of drug-likeness (QED) is 0.705. The van der Waals surface area contributed by atoms with Crippen LogP contribution in [0.25, 0.3) is 0 Å². The standard InChI is InChI=1S/C13H19F2N/c1-16-9-5-3-2-4-6-11-10-12(14)7-8-13(11)15/h7-8,10,16H,2-6,9H2,1H3. The van der Waals surface area contributed by atoms with Gasteiger partial charge in [-0.05, 0) is 56.6 Å². The summed E-state index contributed by atoms with van der Waals surface area (Å²) in [5.74, 6) is -0.650. The number of nitrogens with one attached hydrogen (secondary N) is 1. The lowest BCUT2D eigenvalue weighted by molar-refractivity contribution is 0.569. The Kier molecular flexibility index (Phi) is 6.01. The van der Waals surface area contributed by atoms with Crippen LogP contribution in [0.4, 0.5) is 8.78 Å². The fourth-order valence-corrected chi connectivity index (χ4v) is 1.71. The normalized spacial score (nSPS) is 10.7. The fourth-order valence-electron chi connectivity index (χ4n) is 1.71. The van der Waals surface area contributed by atoms with Crippen LogP contribution >= 0.6 is 0 Å². The number of hydrogen-bond donors (Lipinski definition) is 1. The molecule has 1 rings (SSSR count). The smallest absolute Gasteiger partial charge is 0.126 e. The Labute approximate surface area is 95.9 Å².